The molecule has 0 atom stereocenters. The Kier molecular flexibility index (Phi) is 11.1. The second-order valence-corrected chi connectivity index (χ2v) is 17.9. The molecule has 0 bridgehead atoms. The summed E-state index contributed by atoms with van der Waals surface area (Å²) in [6.45, 7) is 0. The summed E-state index contributed by atoms with van der Waals surface area (Å²) in [7, 11) is 3.33. The van der Waals surface area contributed by atoms with E-state index in [2.05, 4.69) is 98.6 Å². The molecule has 0 aliphatic heterocycles. The summed E-state index contributed by atoms with van der Waals surface area (Å²) in [5.41, 5.74) is 16.1. The zero-order valence-electron chi connectivity index (χ0n) is 40.6. The lowest BCUT2D eigenvalue weighted by atomic mass is 9.88. The van der Waals surface area contributed by atoms with Crippen molar-refractivity contribution in [2.24, 2.45) is 0 Å². The molecule has 0 saturated heterocycles. The number of pyridine rings is 3. The third-order valence-corrected chi connectivity index (χ3v) is 13.6. The van der Waals surface area contributed by atoms with Crippen molar-refractivity contribution in [2.75, 3.05) is 14.2 Å². The molecule has 0 radical (unpaired) electrons. The van der Waals surface area contributed by atoms with Gasteiger partial charge in [0.2, 0.25) is 0 Å². The first kappa shape index (κ1) is 44.6. The van der Waals surface area contributed by atoms with Crippen LogP contribution in [0.15, 0.2) is 219 Å². The van der Waals surface area contributed by atoms with Gasteiger partial charge in [-0.2, -0.15) is 0 Å². The van der Waals surface area contributed by atoms with Crippen molar-refractivity contribution in [2.45, 2.75) is 0 Å². The number of carbonyl (C=O) groups excluding carboxylic acids is 1. The van der Waals surface area contributed by atoms with E-state index < -0.39 is 0 Å². The summed E-state index contributed by atoms with van der Waals surface area (Å²) >= 11 is 0. The van der Waals surface area contributed by atoms with E-state index in [1.165, 1.54) is 0 Å². The molecule has 0 N–H and O–H groups in total. The standard InChI is InChI=1S/C63H43N9O3/c1-74-47-29-25-45(26-30-47)71-59(68-56-19-10-34-65-62(56)71)53-16-7-4-13-50(53)42-36-41(49-12-3-6-15-52(49)58-67-55-18-9-33-64-61(55)70(58)44-23-21-40(39-73)22-24-44)37-43(38-42)51-14-5-8-17-54(51)60-69-57-20-11-35-66-63(57)72(60)46-27-31-48(75-2)32-28-46/h3-39H,1-2H3. The van der Waals surface area contributed by atoms with Gasteiger partial charge in [-0.1, -0.05) is 72.8 Å². The maximum Gasteiger partial charge on any atom is 0.164 e. The van der Waals surface area contributed by atoms with Gasteiger partial charge in [-0.05, 0) is 161 Å². The number of hydrogen-bond acceptors (Lipinski definition) is 9. The molecule has 7 aromatic carbocycles. The lowest BCUT2D eigenvalue weighted by Gasteiger charge is -2.18. The van der Waals surface area contributed by atoms with Gasteiger partial charge >= 0.3 is 0 Å². The van der Waals surface area contributed by atoms with Crippen LogP contribution in [0.3, 0.4) is 0 Å². The Bertz CT molecular complexity index is 4100. The van der Waals surface area contributed by atoms with Gasteiger partial charge in [0.15, 0.2) is 16.9 Å². The molecule has 13 rings (SSSR count). The number of ether oxygens (including phenoxy) is 2. The molecule has 0 fully saturated rings. The molecule has 0 aliphatic rings. The van der Waals surface area contributed by atoms with Crippen LogP contribution in [0.25, 0.3) is 118 Å². The van der Waals surface area contributed by atoms with Crippen molar-refractivity contribution >= 4 is 39.8 Å². The lowest BCUT2D eigenvalue weighted by molar-refractivity contribution is 0.112. The Morgan fingerprint density at radius 1 is 0.360 bits per heavy atom. The van der Waals surface area contributed by atoms with Gasteiger partial charge in [-0.3, -0.25) is 18.5 Å². The lowest BCUT2D eigenvalue weighted by Crippen LogP contribution is -2.01. The summed E-state index contributed by atoms with van der Waals surface area (Å²) in [5.74, 6) is 3.68. The molecule has 12 nitrogen and oxygen atoms in total. The minimum absolute atomic E-state index is 0.578. The van der Waals surface area contributed by atoms with Crippen LogP contribution in [0, 0.1) is 0 Å². The summed E-state index contributed by atoms with van der Waals surface area (Å²) in [5, 5.41) is 0. The van der Waals surface area contributed by atoms with Crippen LogP contribution in [0.1, 0.15) is 10.4 Å². The van der Waals surface area contributed by atoms with Crippen molar-refractivity contribution in [3.63, 3.8) is 0 Å². The predicted octanol–water partition coefficient (Wildman–Crippen LogP) is 13.7. The fraction of sp³-hybridized carbons (Fsp3) is 0.0317. The molecule has 0 unspecified atom stereocenters. The Balaban J connectivity index is 1.07. The largest absolute Gasteiger partial charge is 0.497 e. The van der Waals surface area contributed by atoms with Crippen molar-refractivity contribution < 1.29 is 14.3 Å². The summed E-state index contributed by atoms with van der Waals surface area (Å²) < 4.78 is 17.4. The van der Waals surface area contributed by atoms with E-state index in [1.54, 1.807) is 32.8 Å². The number of aldehydes is 1. The first-order chi connectivity index (χ1) is 37.0. The monoisotopic (exact) mass is 973 g/mol. The average Bonchev–Trinajstić information content (AvgIpc) is 4.22. The van der Waals surface area contributed by atoms with Gasteiger partial charge in [0.1, 0.15) is 51.8 Å². The maximum absolute atomic E-state index is 11.8. The molecule has 75 heavy (non-hydrogen) atoms. The van der Waals surface area contributed by atoms with Crippen LogP contribution in [-0.2, 0) is 0 Å². The van der Waals surface area contributed by atoms with Crippen molar-refractivity contribution in [1.29, 1.82) is 0 Å². The second-order valence-electron chi connectivity index (χ2n) is 17.9. The van der Waals surface area contributed by atoms with Gasteiger partial charge in [0.25, 0.3) is 0 Å². The minimum Gasteiger partial charge on any atom is -0.497 e. The third-order valence-electron chi connectivity index (χ3n) is 13.6. The number of rotatable bonds is 12. The van der Waals surface area contributed by atoms with E-state index in [9.17, 15) is 4.79 Å². The number of hydrogen-bond donors (Lipinski definition) is 0. The highest BCUT2D eigenvalue weighted by Crippen LogP contribution is 2.44. The van der Waals surface area contributed by atoms with Gasteiger partial charge in [0, 0.05) is 57.9 Å². The Morgan fingerprint density at radius 3 is 0.973 bits per heavy atom. The van der Waals surface area contributed by atoms with Crippen LogP contribution in [-0.4, -0.2) is 64.1 Å². The topological polar surface area (TPSA) is 128 Å². The molecule has 0 spiro atoms. The number of carbonyl (C=O) groups is 1. The SMILES string of the molecule is COc1ccc(-n2c(-c3ccccc3-c3cc(-c4ccccc4-c4nc5cccnc5n4-c4ccc(C=O)cc4)cc(-c4ccccc4-c4nc5cccnc5n4-c4ccc(OC)cc4)c3)nc3cccnc32)cc1. The second kappa shape index (κ2) is 18.7. The molecule has 0 saturated carbocycles. The van der Waals surface area contributed by atoms with E-state index in [0.717, 1.165) is 124 Å². The molecule has 12 heteroatoms. The van der Waals surface area contributed by atoms with Crippen LogP contribution >= 0.6 is 0 Å². The highest BCUT2D eigenvalue weighted by atomic mass is 16.5. The summed E-state index contributed by atoms with van der Waals surface area (Å²) in [4.78, 5) is 42.3. The Labute approximate surface area is 430 Å². The number of nitrogens with zero attached hydrogens (tertiary/aromatic N) is 9. The van der Waals surface area contributed by atoms with Crippen molar-refractivity contribution in [3.05, 3.63) is 224 Å². The molecule has 13 aromatic rings. The first-order valence-electron chi connectivity index (χ1n) is 24.3. The van der Waals surface area contributed by atoms with E-state index in [0.29, 0.717) is 17.0 Å². The molecular weight excluding hydrogens is 931 g/mol. The summed E-state index contributed by atoms with van der Waals surface area (Å²) in [6.07, 6.45) is 6.23. The van der Waals surface area contributed by atoms with Crippen molar-refractivity contribution in [3.8, 4) is 96.1 Å². The smallest absolute Gasteiger partial charge is 0.164 e. The third kappa shape index (κ3) is 7.85. The quantitative estimate of drug-likeness (QED) is 0.110. The van der Waals surface area contributed by atoms with Crippen LogP contribution in [0.5, 0.6) is 11.5 Å². The maximum atomic E-state index is 11.8. The summed E-state index contributed by atoms with van der Waals surface area (Å²) in [6, 6.07) is 67.0. The minimum atomic E-state index is 0.578. The normalized spacial score (nSPS) is 11.4. The first-order valence-corrected chi connectivity index (χ1v) is 24.3. The van der Waals surface area contributed by atoms with E-state index >= 15 is 0 Å². The average molecular weight is 974 g/mol. The van der Waals surface area contributed by atoms with Crippen molar-refractivity contribution in [1.82, 2.24) is 43.6 Å². The number of fused-ring (bicyclic) bond motifs is 3. The Hall–Kier alpha value is -10.3. The number of benzene rings is 7. The fourth-order valence-corrected chi connectivity index (χ4v) is 10.1. The van der Waals surface area contributed by atoms with Crippen LogP contribution in [0.2, 0.25) is 0 Å². The van der Waals surface area contributed by atoms with Crippen LogP contribution < -0.4 is 9.47 Å². The molecule has 6 aromatic heterocycles. The van der Waals surface area contributed by atoms with Gasteiger partial charge in [-0.15, -0.1) is 0 Å². The fourth-order valence-electron chi connectivity index (χ4n) is 10.1. The zero-order chi connectivity index (χ0) is 50.4. The van der Waals surface area contributed by atoms with Gasteiger partial charge in [0.05, 0.1) is 14.2 Å². The highest BCUT2D eigenvalue weighted by molar-refractivity contribution is 5.96. The molecule has 358 valence electrons. The zero-order valence-corrected chi connectivity index (χ0v) is 40.6. The highest BCUT2D eigenvalue weighted by Gasteiger charge is 2.24. The van der Waals surface area contributed by atoms with E-state index in [4.69, 9.17) is 39.4 Å². The molecule has 0 aliphatic carbocycles. The molecule has 0 amide bonds. The predicted molar refractivity (Wildman–Crippen MR) is 295 cm³/mol. The number of methoxy groups -OCH3 is 2. The molecule has 6 heterocycles. The van der Waals surface area contributed by atoms with Gasteiger partial charge < -0.3 is 9.47 Å². The molecular formula is C63H43N9O3. The number of imidazole rings is 3. The van der Waals surface area contributed by atoms with E-state index in [-0.39, 0.29) is 0 Å². The number of aromatic nitrogens is 9. The van der Waals surface area contributed by atoms with Crippen LogP contribution in [0.4, 0.5) is 0 Å². The van der Waals surface area contributed by atoms with Gasteiger partial charge in [-0.25, -0.2) is 29.9 Å². The van der Waals surface area contributed by atoms with E-state index in [1.807, 2.05) is 115 Å². The Morgan fingerprint density at radius 2 is 0.667 bits per heavy atom.